The van der Waals surface area contributed by atoms with E-state index in [9.17, 15) is 9.90 Å². The topological polar surface area (TPSA) is 112 Å². The van der Waals surface area contributed by atoms with Crippen molar-refractivity contribution in [3.8, 4) is 5.69 Å². The summed E-state index contributed by atoms with van der Waals surface area (Å²) in [7, 11) is 2.09. The third kappa shape index (κ3) is 4.32. The number of anilines is 2. The average Bonchev–Trinajstić information content (AvgIpc) is 2.83. The van der Waals surface area contributed by atoms with Gasteiger partial charge in [-0.1, -0.05) is 35.3 Å². The quantitative estimate of drug-likeness (QED) is 0.379. The van der Waals surface area contributed by atoms with Crippen LogP contribution in [0.25, 0.3) is 16.7 Å². The molecule has 0 saturated carbocycles. The molecular formula is C24H23Cl2N7O2. The summed E-state index contributed by atoms with van der Waals surface area (Å²) in [5.41, 5.74) is 3.07. The summed E-state index contributed by atoms with van der Waals surface area (Å²) in [6, 6.07) is 11.0. The van der Waals surface area contributed by atoms with Crippen molar-refractivity contribution in [3.05, 3.63) is 79.7 Å². The van der Waals surface area contributed by atoms with Gasteiger partial charge in [0.15, 0.2) is 5.65 Å². The Morgan fingerprint density at radius 1 is 1.17 bits per heavy atom. The summed E-state index contributed by atoms with van der Waals surface area (Å²) in [6.07, 6.45) is 2.49. The number of benzene rings is 2. The maximum atomic E-state index is 13.5. The Bertz CT molecular complexity index is 1540. The predicted octanol–water partition coefficient (Wildman–Crippen LogP) is 3.09. The lowest BCUT2D eigenvalue weighted by molar-refractivity contribution is 0.274. The molecule has 11 heteroatoms. The van der Waals surface area contributed by atoms with Crippen LogP contribution in [0.1, 0.15) is 11.1 Å². The first kappa shape index (κ1) is 23.5. The molecule has 0 atom stereocenters. The molecule has 0 fully saturated rings. The van der Waals surface area contributed by atoms with Crippen LogP contribution in [0.5, 0.6) is 0 Å². The molecule has 35 heavy (non-hydrogen) atoms. The van der Waals surface area contributed by atoms with Gasteiger partial charge in [0.2, 0.25) is 5.95 Å². The van der Waals surface area contributed by atoms with Gasteiger partial charge < -0.3 is 15.3 Å². The molecule has 0 radical (unpaired) electrons. The summed E-state index contributed by atoms with van der Waals surface area (Å²) >= 11 is 12.7. The van der Waals surface area contributed by atoms with Crippen LogP contribution in [-0.4, -0.2) is 49.3 Å². The van der Waals surface area contributed by atoms with Crippen LogP contribution in [0.3, 0.4) is 0 Å². The second kappa shape index (κ2) is 9.43. The zero-order chi connectivity index (χ0) is 24.7. The number of hydrogen-bond acceptors (Lipinski definition) is 7. The Morgan fingerprint density at radius 3 is 2.69 bits per heavy atom. The van der Waals surface area contributed by atoms with Crippen molar-refractivity contribution in [2.75, 3.05) is 25.5 Å². The maximum absolute atomic E-state index is 13.5. The number of aliphatic hydroxyl groups is 1. The SMILES string of the molecule is CN1CCc2ccc(Nc3ncc4c(=N)n(-c5c(Cl)cccc5Cl)c(=O)n(CCO)c4n3)cc2C1. The largest absolute Gasteiger partial charge is 0.395 e. The number of hydrogen-bond donors (Lipinski definition) is 3. The second-order valence-corrected chi connectivity index (χ2v) is 9.25. The first-order valence-electron chi connectivity index (χ1n) is 11.1. The van der Waals surface area contributed by atoms with Crippen LogP contribution < -0.4 is 16.5 Å². The van der Waals surface area contributed by atoms with Gasteiger partial charge in [0.05, 0.1) is 34.3 Å². The number of halogens is 2. The fraction of sp³-hybridized carbons (Fsp3) is 0.250. The van der Waals surface area contributed by atoms with Gasteiger partial charge in [0, 0.05) is 25.0 Å². The van der Waals surface area contributed by atoms with E-state index in [1.54, 1.807) is 18.2 Å². The van der Waals surface area contributed by atoms with E-state index < -0.39 is 5.69 Å². The van der Waals surface area contributed by atoms with Crippen LogP contribution >= 0.6 is 23.2 Å². The fourth-order valence-electron chi connectivity index (χ4n) is 4.35. The summed E-state index contributed by atoms with van der Waals surface area (Å²) in [5.74, 6) is 0.278. The number of nitrogens with zero attached hydrogens (tertiary/aromatic N) is 5. The molecule has 1 aliphatic heterocycles. The van der Waals surface area contributed by atoms with Gasteiger partial charge in [0.25, 0.3) is 0 Å². The molecular weight excluding hydrogens is 489 g/mol. The fourth-order valence-corrected chi connectivity index (χ4v) is 4.92. The average molecular weight is 512 g/mol. The molecule has 0 amide bonds. The van der Waals surface area contributed by atoms with Gasteiger partial charge in [-0.05, 0) is 48.9 Å². The Kier molecular flexibility index (Phi) is 6.33. The van der Waals surface area contributed by atoms with Gasteiger partial charge in [-0.25, -0.2) is 14.3 Å². The summed E-state index contributed by atoms with van der Waals surface area (Å²) in [6.45, 7) is 1.57. The molecule has 0 aliphatic carbocycles. The molecule has 2 aromatic carbocycles. The monoisotopic (exact) mass is 511 g/mol. The van der Waals surface area contributed by atoms with Crippen LogP contribution in [0.2, 0.25) is 10.0 Å². The van der Waals surface area contributed by atoms with Crippen molar-refractivity contribution in [3.63, 3.8) is 0 Å². The van der Waals surface area contributed by atoms with Gasteiger partial charge in [-0.15, -0.1) is 0 Å². The van der Waals surface area contributed by atoms with E-state index >= 15 is 0 Å². The minimum absolute atomic E-state index is 0.0285. The third-order valence-electron chi connectivity index (χ3n) is 6.08. The highest BCUT2D eigenvalue weighted by atomic mass is 35.5. The second-order valence-electron chi connectivity index (χ2n) is 8.44. The Labute approximate surface area is 210 Å². The lowest BCUT2D eigenvalue weighted by Gasteiger charge is -2.25. The third-order valence-corrected chi connectivity index (χ3v) is 6.69. The number of para-hydroxylation sites is 1. The molecule has 9 nitrogen and oxygen atoms in total. The van der Waals surface area contributed by atoms with Crippen molar-refractivity contribution in [2.45, 2.75) is 19.5 Å². The molecule has 5 rings (SSSR count). The zero-order valence-corrected chi connectivity index (χ0v) is 20.4. The highest BCUT2D eigenvalue weighted by Crippen LogP contribution is 2.27. The number of rotatable bonds is 5. The van der Waals surface area contributed by atoms with Gasteiger partial charge in [0.1, 0.15) is 5.49 Å². The van der Waals surface area contributed by atoms with E-state index in [1.807, 2.05) is 6.07 Å². The summed E-state index contributed by atoms with van der Waals surface area (Å²) in [5, 5.41) is 22.3. The summed E-state index contributed by atoms with van der Waals surface area (Å²) < 4.78 is 2.40. The maximum Gasteiger partial charge on any atom is 0.336 e. The van der Waals surface area contributed by atoms with Crippen molar-refractivity contribution in [1.82, 2.24) is 24.0 Å². The standard InChI is InChI=1S/C24H23Cl2N7O2/c1-31-8-7-14-5-6-16(11-15(14)13-31)29-23-28-12-17-21(27)33(20-18(25)3-2-4-19(20)26)24(35)32(9-10-34)22(17)30-23/h2-6,11-12,27,34H,7-10,13H2,1H3,(H,28,29,30). The zero-order valence-electron chi connectivity index (χ0n) is 18.9. The number of aromatic nitrogens is 4. The molecule has 0 spiro atoms. The van der Waals surface area contributed by atoms with Gasteiger partial charge in [-0.2, -0.15) is 4.98 Å². The van der Waals surface area contributed by atoms with Crippen molar-refractivity contribution in [2.24, 2.45) is 0 Å². The highest BCUT2D eigenvalue weighted by molar-refractivity contribution is 6.37. The van der Waals surface area contributed by atoms with Gasteiger partial charge >= 0.3 is 5.69 Å². The smallest absolute Gasteiger partial charge is 0.336 e. The molecule has 1 aliphatic rings. The van der Waals surface area contributed by atoms with Crippen molar-refractivity contribution in [1.29, 1.82) is 5.41 Å². The Morgan fingerprint density at radius 2 is 1.94 bits per heavy atom. The minimum Gasteiger partial charge on any atom is -0.395 e. The molecule has 0 saturated heterocycles. The van der Waals surface area contributed by atoms with E-state index in [1.165, 1.54) is 21.9 Å². The van der Waals surface area contributed by atoms with Gasteiger partial charge in [-0.3, -0.25) is 9.98 Å². The van der Waals surface area contributed by atoms with E-state index in [4.69, 9.17) is 28.6 Å². The van der Waals surface area contributed by atoms with Crippen LogP contribution in [-0.2, 0) is 19.5 Å². The van der Waals surface area contributed by atoms with Crippen molar-refractivity contribution < 1.29 is 5.11 Å². The highest BCUT2D eigenvalue weighted by Gasteiger charge is 2.19. The molecule has 0 unspecified atom stereocenters. The molecule has 3 heterocycles. The lowest BCUT2D eigenvalue weighted by atomic mass is 9.99. The Balaban J connectivity index is 1.63. The van der Waals surface area contributed by atoms with E-state index in [-0.39, 0.29) is 46.0 Å². The molecule has 3 N–H and O–H groups in total. The molecule has 2 aromatic heterocycles. The molecule has 180 valence electrons. The Hall–Kier alpha value is -3.24. The van der Waals surface area contributed by atoms with E-state index in [0.29, 0.717) is 5.39 Å². The first-order chi connectivity index (χ1) is 16.9. The first-order valence-corrected chi connectivity index (χ1v) is 11.8. The van der Waals surface area contributed by atoms with Crippen LogP contribution in [0, 0.1) is 5.41 Å². The van der Waals surface area contributed by atoms with Crippen LogP contribution in [0.4, 0.5) is 11.6 Å². The number of likely N-dealkylation sites (N-methyl/N-ethyl adjacent to an activating group) is 1. The number of aliphatic hydroxyl groups excluding tert-OH is 1. The van der Waals surface area contributed by atoms with E-state index in [2.05, 4.69) is 39.4 Å². The number of fused-ring (bicyclic) bond motifs is 2. The predicted molar refractivity (Wildman–Crippen MR) is 136 cm³/mol. The minimum atomic E-state index is -0.590. The van der Waals surface area contributed by atoms with Crippen LogP contribution in [0.15, 0.2) is 47.4 Å². The summed E-state index contributed by atoms with van der Waals surface area (Å²) in [4.78, 5) is 24.6. The van der Waals surface area contributed by atoms with Crippen molar-refractivity contribution >= 4 is 45.9 Å². The molecule has 0 bridgehead atoms. The van der Waals surface area contributed by atoms with E-state index in [0.717, 1.165) is 29.8 Å². The number of nitrogens with one attached hydrogen (secondary N) is 2. The lowest BCUT2D eigenvalue weighted by Crippen LogP contribution is -2.40. The molecule has 4 aromatic rings. The normalized spacial score (nSPS) is 13.7.